The van der Waals surface area contributed by atoms with Crippen LogP contribution in [0.1, 0.15) is 25.8 Å². The Bertz CT molecular complexity index is 353. The Kier molecular flexibility index (Phi) is 6.22. The van der Waals surface area contributed by atoms with Gasteiger partial charge in [0.25, 0.3) is 0 Å². The number of hydrogen-bond donors (Lipinski definition) is 1. The van der Waals surface area contributed by atoms with Gasteiger partial charge in [0.05, 0.1) is 6.61 Å². The number of ether oxygens (including phenoxy) is 1. The third-order valence-corrected chi connectivity index (χ3v) is 2.87. The number of aliphatic hydroxyl groups is 1. The molecule has 1 aromatic carbocycles. The fourth-order valence-corrected chi connectivity index (χ4v) is 1.62. The molecule has 1 atom stereocenters. The molecular weight excluding hydrogens is 230 g/mol. The van der Waals surface area contributed by atoms with E-state index in [2.05, 4.69) is 0 Å². The van der Waals surface area contributed by atoms with Crippen molar-refractivity contribution in [2.75, 3.05) is 13.2 Å². The maximum atomic E-state index is 11.9. The zero-order chi connectivity index (χ0) is 13.4. The molecule has 1 N–H and O–H groups in total. The molecule has 4 nitrogen and oxygen atoms in total. The van der Waals surface area contributed by atoms with E-state index in [1.54, 1.807) is 4.90 Å². The summed E-state index contributed by atoms with van der Waals surface area (Å²) in [6.07, 6.45) is 0.489. The molecular formula is C14H21NO3. The van der Waals surface area contributed by atoms with Crippen molar-refractivity contribution in [1.82, 2.24) is 4.90 Å². The van der Waals surface area contributed by atoms with Gasteiger partial charge in [0.2, 0.25) is 0 Å². The van der Waals surface area contributed by atoms with Crippen molar-refractivity contribution in [3.8, 4) is 0 Å². The molecule has 0 bridgehead atoms. The molecule has 1 aromatic rings. The summed E-state index contributed by atoms with van der Waals surface area (Å²) >= 11 is 0. The van der Waals surface area contributed by atoms with E-state index in [0.29, 0.717) is 6.54 Å². The van der Waals surface area contributed by atoms with Gasteiger partial charge >= 0.3 is 6.09 Å². The lowest BCUT2D eigenvalue weighted by Gasteiger charge is -2.27. The van der Waals surface area contributed by atoms with Crippen LogP contribution in [0.2, 0.25) is 0 Å². The second kappa shape index (κ2) is 7.71. The minimum absolute atomic E-state index is 0.0422. The van der Waals surface area contributed by atoms with E-state index >= 15 is 0 Å². The van der Waals surface area contributed by atoms with Crippen LogP contribution >= 0.6 is 0 Å². The van der Waals surface area contributed by atoms with Crippen LogP contribution in [-0.2, 0) is 11.3 Å². The van der Waals surface area contributed by atoms with Crippen LogP contribution in [0.3, 0.4) is 0 Å². The van der Waals surface area contributed by atoms with Gasteiger partial charge in [-0.2, -0.15) is 0 Å². The Balaban J connectivity index is 2.69. The smallest absolute Gasteiger partial charge is 0.410 e. The number of carbonyl (C=O) groups is 1. The molecule has 0 heterocycles. The number of benzene rings is 1. The molecule has 0 fully saturated rings. The first-order valence-electron chi connectivity index (χ1n) is 6.27. The summed E-state index contributed by atoms with van der Waals surface area (Å²) in [5, 5.41) is 8.69. The summed E-state index contributed by atoms with van der Waals surface area (Å²) in [7, 11) is 0. The minimum Gasteiger partial charge on any atom is -0.447 e. The molecule has 4 heteroatoms. The maximum absolute atomic E-state index is 11.9. The maximum Gasteiger partial charge on any atom is 0.410 e. The van der Waals surface area contributed by atoms with E-state index in [1.165, 1.54) is 0 Å². The lowest BCUT2D eigenvalue weighted by molar-refractivity contribution is 0.0699. The standard InChI is InChI=1S/C14H21NO3/c1-3-12(2)15(14(17)18-10-9-16)11-13-7-5-4-6-8-13/h4-8,12,16H,3,9-11H2,1-2H3. The Morgan fingerprint density at radius 2 is 2.06 bits per heavy atom. The highest BCUT2D eigenvalue weighted by atomic mass is 16.6. The number of aliphatic hydroxyl groups excluding tert-OH is 1. The van der Waals surface area contributed by atoms with Crippen molar-refractivity contribution in [2.24, 2.45) is 0 Å². The first-order valence-corrected chi connectivity index (χ1v) is 6.27. The molecule has 0 aliphatic carbocycles. The number of carbonyl (C=O) groups excluding carboxylic acids is 1. The van der Waals surface area contributed by atoms with Gasteiger partial charge in [0.1, 0.15) is 6.61 Å². The summed E-state index contributed by atoms with van der Waals surface area (Å²) in [5.41, 5.74) is 1.07. The van der Waals surface area contributed by atoms with Gasteiger partial charge in [-0.3, -0.25) is 0 Å². The average molecular weight is 251 g/mol. The number of hydrogen-bond acceptors (Lipinski definition) is 3. The van der Waals surface area contributed by atoms with Crippen LogP contribution < -0.4 is 0 Å². The van der Waals surface area contributed by atoms with Crippen LogP contribution in [0.4, 0.5) is 4.79 Å². The summed E-state index contributed by atoms with van der Waals surface area (Å²) in [6.45, 7) is 4.44. The fourth-order valence-electron chi connectivity index (χ4n) is 1.62. The largest absolute Gasteiger partial charge is 0.447 e. The van der Waals surface area contributed by atoms with Gasteiger partial charge in [0, 0.05) is 12.6 Å². The van der Waals surface area contributed by atoms with Crippen molar-refractivity contribution >= 4 is 6.09 Å². The lowest BCUT2D eigenvalue weighted by atomic mass is 10.1. The molecule has 0 aliphatic heterocycles. The average Bonchev–Trinajstić information content (AvgIpc) is 2.42. The van der Waals surface area contributed by atoms with Gasteiger partial charge in [0.15, 0.2) is 0 Å². The molecule has 0 radical (unpaired) electrons. The fraction of sp³-hybridized carbons (Fsp3) is 0.500. The van der Waals surface area contributed by atoms with E-state index in [1.807, 2.05) is 44.2 Å². The van der Waals surface area contributed by atoms with Gasteiger partial charge < -0.3 is 14.7 Å². The van der Waals surface area contributed by atoms with E-state index in [4.69, 9.17) is 9.84 Å². The second-order valence-electron chi connectivity index (χ2n) is 4.21. The van der Waals surface area contributed by atoms with Crippen molar-refractivity contribution < 1.29 is 14.6 Å². The summed E-state index contributed by atoms with van der Waals surface area (Å²) in [6, 6.07) is 9.91. The first-order chi connectivity index (χ1) is 8.69. The van der Waals surface area contributed by atoms with Gasteiger partial charge in [-0.05, 0) is 18.9 Å². The molecule has 100 valence electrons. The topological polar surface area (TPSA) is 49.8 Å². The van der Waals surface area contributed by atoms with E-state index in [9.17, 15) is 4.79 Å². The first kappa shape index (κ1) is 14.5. The predicted molar refractivity (Wildman–Crippen MR) is 70.2 cm³/mol. The Morgan fingerprint density at radius 3 is 2.61 bits per heavy atom. The minimum atomic E-state index is -0.373. The SMILES string of the molecule is CCC(C)N(Cc1ccccc1)C(=O)OCCO. The molecule has 0 aliphatic rings. The van der Waals surface area contributed by atoms with Crippen molar-refractivity contribution in [3.63, 3.8) is 0 Å². The third-order valence-electron chi connectivity index (χ3n) is 2.87. The lowest BCUT2D eigenvalue weighted by Crippen LogP contribution is -2.38. The number of nitrogens with zero attached hydrogens (tertiary/aromatic N) is 1. The molecule has 0 spiro atoms. The van der Waals surface area contributed by atoms with E-state index in [-0.39, 0.29) is 25.3 Å². The Hall–Kier alpha value is -1.55. The molecule has 0 saturated heterocycles. The van der Waals surface area contributed by atoms with Crippen molar-refractivity contribution in [1.29, 1.82) is 0 Å². The summed E-state index contributed by atoms with van der Waals surface area (Å²) in [4.78, 5) is 13.6. The van der Waals surface area contributed by atoms with E-state index < -0.39 is 0 Å². The zero-order valence-electron chi connectivity index (χ0n) is 11.0. The van der Waals surface area contributed by atoms with Crippen LogP contribution in [0.5, 0.6) is 0 Å². The summed E-state index contributed by atoms with van der Waals surface area (Å²) < 4.78 is 4.99. The molecule has 1 unspecified atom stereocenters. The highest BCUT2D eigenvalue weighted by Crippen LogP contribution is 2.12. The summed E-state index contributed by atoms with van der Waals surface area (Å²) in [5.74, 6) is 0. The quantitative estimate of drug-likeness (QED) is 0.844. The van der Waals surface area contributed by atoms with Crippen LogP contribution in [-0.4, -0.2) is 35.4 Å². The number of rotatable bonds is 6. The Labute approximate surface area is 108 Å². The molecule has 0 aromatic heterocycles. The molecule has 18 heavy (non-hydrogen) atoms. The monoisotopic (exact) mass is 251 g/mol. The zero-order valence-corrected chi connectivity index (χ0v) is 11.0. The van der Waals surface area contributed by atoms with Crippen LogP contribution in [0, 0.1) is 0 Å². The van der Waals surface area contributed by atoms with Gasteiger partial charge in [-0.15, -0.1) is 0 Å². The molecule has 0 saturated carbocycles. The Morgan fingerprint density at radius 1 is 1.39 bits per heavy atom. The van der Waals surface area contributed by atoms with Gasteiger partial charge in [-0.25, -0.2) is 4.79 Å². The highest BCUT2D eigenvalue weighted by molar-refractivity contribution is 5.68. The molecule has 1 amide bonds. The highest BCUT2D eigenvalue weighted by Gasteiger charge is 2.20. The van der Waals surface area contributed by atoms with Crippen molar-refractivity contribution in [3.05, 3.63) is 35.9 Å². The van der Waals surface area contributed by atoms with Crippen molar-refractivity contribution in [2.45, 2.75) is 32.9 Å². The normalized spacial score (nSPS) is 11.9. The van der Waals surface area contributed by atoms with Crippen LogP contribution in [0.25, 0.3) is 0 Å². The van der Waals surface area contributed by atoms with E-state index in [0.717, 1.165) is 12.0 Å². The van der Waals surface area contributed by atoms with Gasteiger partial charge in [-0.1, -0.05) is 37.3 Å². The van der Waals surface area contributed by atoms with Crippen LogP contribution in [0.15, 0.2) is 30.3 Å². The molecule has 1 rings (SSSR count). The number of amides is 1. The second-order valence-corrected chi connectivity index (χ2v) is 4.21. The predicted octanol–water partition coefficient (Wildman–Crippen LogP) is 2.42. The third kappa shape index (κ3) is 4.37.